The van der Waals surface area contributed by atoms with Gasteiger partial charge in [-0.15, -0.1) is 0 Å². The molecule has 1 unspecified atom stereocenters. The Kier molecular flexibility index (Phi) is 6.70. The lowest BCUT2D eigenvalue weighted by Gasteiger charge is -2.10. The average molecular weight is 174 g/mol. The van der Waals surface area contributed by atoms with Crippen LogP contribution in [-0.4, -0.2) is 38.8 Å². The smallest absolute Gasteiger partial charge is 0.234 e. The van der Waals surface area contributed by atoms with Crippen LogP contribution in [0.5, 0.6) is 0 Å². The Hall–Kier alpha value is -0.610. The van der Waals surface area contributed by atoms with Gasteiger partial charge >= 0.3 is 0 Å². The van der Waals surface area contributed by atoms with Crippen molar-refractivity contribution in [3.05, 3.63) is 0 Å². The largest absolute Gasteiger partial charge is 0.380 e. The summed E-state index contributed by atoms with van der Waals surface area (Å²) in [4.78, 5) is 11.0. The fraction of sp³-hybridized carbons (Fsp3) is 0.875. The first-order chi connectivity index (χ1) is 5.70. The van der Waals surface area contributed by atoms with Crippen molar-refractivity contribution in [2.75, 3.05) is 26.7 Å². The van der Waals surface area contributed by atoms with Crippen LogP contribution in [0, 0.1) is 0 Å². The van der Waals surface area contributed by atoms with Crippen molar-refractivity contribution in [3.63, 3.8) is 0 Å². The van der Waals surface area contributed by atoms with E-state index in [-0.39, 0.29) is 12.0 Å². The maximum absolute atomic E-state index is 11.0. The zero-order valence-electron chi connectivity index (χ0n) is 8.02. The van der Waals surface area contributed by atoms with E-state index < -0.39 is 0 Å². The van der Waals surface area contributed by atoms with Gasteiger partial charge in [-0.05, 0) is 13.5 Å². The molecule has 0 fully saturated rings. The van der Waals surface area contributed by atoms with Crippen molar-refractivity contribution >= 4 is 5.91 Å². The Bertz CT molecular complexity index is 128. The lowest BCUT2D eigenvalue weighted by Crippen LogP contribution is -2.37. The van der Waals surface area contributed by atoms with E-state index in [1.54, 1.807) is 7.11 Å². The quantitative estimate of drug-likeness (QED) is 0.583. The predicted molar refractivity (Wildman–Crippen MR) is 48.0 cm³/mol. The molecule has 0 heterocycles. The van der Waals surface area contributed by atoms with E-state index in [0.717, 1.165) is 6.54 Å². The highest BCUT2D eigenvalue weighted by molar-refractivity contribution is 5.77. The summed E-state index contributed by atoms with van der Waals surface area (Å²) in [5.74, 6) is 0.0146. The second-order valence-corrected chi connectivity index (χ2v) is 2.63. The number of methoxy groups -OCH3 is 1. The topological polar surface area (TPSA) is 50.4 Å². The van der Waals surface area contributed by atoms with E-state index in [1.165, 1.54) is 0 Å². The maximum atomic E-state index is 11.0. The summed E-state index contributed by atoms with van der Waals surface area (Å²) < 4.78 is 4.97. The van der Waals surface area contributed by atoms with Gasteiger partial charge in [0.05, 0.1) is 12.6 Å². The minimum absolute atomic E-state index is 0.0146. The third-order valence-corrected chi connectivity index (χ3v) is 1.52. The fourth-order valence-electron chi connectivity index (χ4n) is 0.642. The summed E-state index contributed by atoms with van der Waals surface area (Å²) in [6, 6.07) is 0. The third kappa shape index (κ3) is 6.12. The zero-order chi connectivity index (χ0) is 9.40. The second kappa shape index (κ2) is 7.06. The van der Waals surface area contributed by atoms with Crippen LogP contribution >= 0.6 is 0 Å². The van der Waals surface area contributed by atoms with Gasteiger partial charge in [0.25, 0.3) is 0 Å². The van der Waals surface area contributed by atoms with Crippen molar-refractivity contribution in [2.45, 2.75) is 20.0 Å². The molecule has 0 rings (SSSR count). The van der Waals surface area contributed by atoms with E-state index in [0.29, 0.717) is 13.1 Å². The number of hydrogen-bond acceptors (Lipinski definition) is 3. The molecule has 2 N–H and O–H groups in total. The number of carbonyl (C=O) groups excluding carboxylic acids is 1. The summed E-state index contributed by atoms with van der Waals surface area (Å²) in [5.41, 5.74) is 0. The van der Waals surface area contributed by atoms with Crippen molar-refractivity contribution in [1.29, 1.82) is 0 Å². The summed E-state index contributed by atoms with van der Waals surface area (Å²) in [6.45, 7) is 5.64. The van der Waals surface area contributed by atoms with Gasteiger partial charge in [0.15, 0.2) is 0 Å². The maximum Gasteiger partial charge on any atom is 0.234 e. The molecule has 0 aromatic carbocycles. The Morgan fingerprint density at radius 3 is 2.75 bits per heavy atom. The van der Waals surface area contributed by atoms with E-state index in [2.05, 4.69) is 10.6 Å². The number of amides is 1. The number of hydrogen-bond donors (Lipinski definition) is 2. The summed E-state index contributed by atoms with van der Waals surface area (Å²) in [5, 5.41) is 5.68. The van der Waals surface area contributed by atoms with Gasteiger partial charge in [-0.2, -0.15) is 0 Å². The van der Waals surface area contributed by atoms with Gasteiger partial charge in [-0.3, -0.25) is 4.79 Å². The summed E-state index contributed by atoms with van der Waals surface area (Å²) in [7, 11) is 1.63. The molecule has 1 atom stereocenters. The first-order valence-electron chi connectivity index (χ1n) is 4.20. The minimum Gasteiger partial charge on any atom is -0.380 e. The van der Waals surface area contributed by atoms with Gasteiger partial charge < -0.3 is 15.4 Å². The van der Waals surface area contributed by atoms with Crippen molar-refractivity contribution in [1.82, 2.24) is 10.6 Å². The predicted octanol–water partition coefficient (Wildman–Crippen LogP) is -0.253. The number of likely N-dealkylation sites (N-methyl/N-ethyl adjacent to an activating group) is 1. The number of carbonyl (C=O) groups is 1. The van der Waals surface area contributed by atoms with Crippen LogP contribution in [0.15, 0.2) is 0 Å². The molecular weight excluding hydrogens is 156 g/mol. The van der Waals surface area contributed by atoms with Gasteiger partial charge in [0, 0.05) is 13.7 Å². The molecule has 0 aliphatic carbocycles. The van der Waals surface area contributed by atoms with Crippen molar-refractivity contribution < 1.29 is 9.53 Å². The molecule has 0 saturated heterocycles. The summed E-state index contributed by atoms with van der Waals surface area (Å²) >= 11 is 0. The van der Waals surface area contributed by atoms with Crippen LogP contribution in [0.3, 0.4) is 0 Å². The molecule has 0 aromatic rings. The first-order valence-corrected chi connectivity index (χ1v) is 4.20. The SMILES string of the molecule is CCNCC(=O)NCC(C)OC. The zero-order valence-corrected chi connectivity index (χ0v) is 8.02. The number of ether oxygens (including phenoxy) is 1. The highest BCUT2D eigenvalue weighted by Crippen LogP contribution is 1.82. The van der Waals surface area contributed by atoms with Gasteiger partial charge in [-0.1, -0.05) is 6.92 Å². The van der Waals surface area contributed by atoms with E-state index in [4.69, 9.17) is 4.74 Å². The third-order valence-electron chi connectivity index (χ3n) is 1.52. The van der Waals surface area contributed by atoms with Gasteiger partial charge in [0.2, 0.25) is 5.91 Å². The molecule has 4 heteroatoms. The van der Waals surface area contributed by atoms with Crippen LogP contribution in [0.2, 0.25) is 0 Å². The van der Waals surface area contributed by atoms with E-state index in [1.807, 2.05) is 13.8 Å². The van der Waals surface area contributed by atoms with Crippen molar-refractivity contribution in [3.8, 4) is 0 Å². The van der Waals surface area contributed by atoms with Crippen LogP contribution in [0.1, 0.15) is 13.8 Å². The molecule has 0 aliphatic heterocycles. The Balaban J connectivity index is 3.31. The molecule has 72 valence electrons. The van der Waals surface area contributed by atoms with Gasteiger partial charge in [-0.25, -0.2) is 0 Å². The molecule has 0 aromatic heterocycles. The van der Waals surface area contributed by atoms with E-state index >= 15 is 0 Å². The standard InChI is InChI=1S/C8H18N2O2/c1-4-9-6-8(11)10-5-7(2)12-3/h7,9H,4-6H2,1-3H3,(H,10,11). The highest BCUT2D eigenvalue weighted by Gasteiger charge is 2.02. The van der Waals surface area contributed by atoms with Crippen molar-refractivity contribution in [2.24, 2.45) is 0 Å². The van der Waals surface area contributed by atoms with Gasteiger partial charge in [0.1, 0.15) is 0 Å². The fourth-order valence-corrected chi connectivity index (χ4v) is 0.642. The normalized spacial score (nSPS) is 12.6. The Morgan fingerprint density at radius 1 is 1.58 bits per heavy atom. The molecule has 12 heavy (non-hydrogen) atoms. The average Bonchev–Trinajstić information content (AvgIpc) is 2.10. The molecule has 0 radical (unpaired) electrons. The number of rotatable bonds is 6. The molecule has 0 spiro atoms. The Labute approximate surface area is 73.7 Å². The first kappa shape index (κ1) is 11.4. The molecule has 0 bridgehead atoms. The van der Waals surface area contributed by atoms with Crippen LogP contribution < -0.4 is 10.6 Å². The molecule has 0 aliphatic rings. The molecule has 0 saturated carbocycles. The lowest BCUT2D eigenvalue weighted by atomic mass is 10.4. The monoisotopic (exact) mass is 174 g/mol. The molecule has 4 nitrogen and oxygen atoms in total. The van der Waals surface area contributed by atoms with E-state index in [9.17, 15) is 4.79 Å². The molecule has 1 amide bonds. The highest BCUT2D eigenvalue weighted by atomic mass is 16.5. The lowest BCUT2D eigenvalue weighted by molar-refractivity contribution is -0.120. The second-order valence-electron chi connectivity index (χ2n) is 2.63. The Morgan fingerprint density at radius 2 is 2.25 bits per heavy atom. The summed E-state index contributed by atoms with van der Waals surface area (Å²) in [6.07, 6.45) is 0.0792. The van der Waals surface area contributed by atoms with Crippen LogP contribution in [-0.2, 0) is 9.53 Å². The minimum atomic E-state index is 0.0146. The molecular formula is C8H18N2O2. The van der Waals surface area contributed by atoms with Crippen LogP contribution in [0.4, 0.5) is 0 Å². The number of nitrogens with one attached hydrogen (secondary N) is 2. The van der Waals surface area contributed by atoms with Crippen LogP contribution in [0.25, 0.3) is 0 Å².